The first-order valence-corrected chi connectivity index (χ1v) is 5.78. The maximum Gasteiger partial charge on any atom is 0.146 e. The number of benzene rings is 1. The lowest BCUT2D eigenvalue weighted by Gasteiger charge is -2.36. The summed E-state index contributed by atoms with van der Waals surface area (Å²) in [6.45, 7) is 1.67. The second-order valence-electron chi connectivity index (χ2n) is 4.61. The van der Waals surface area contributed by atoms with Crippen molar-refractivity contribution in [2.24, 2.45) is 0 Å². The second kappa shape index (κ2) is 4.93. The number of halogens is 1. The van der Waals surface area contributed by atoms with Crippen LogP contribution in [-0.4, -0.2) is 35.4 Å². The predicted molar refractivity (Wildman–Crippen MR) is 61.9 cm³/mol. The maximum absolute atomic E-state index is 14.0. The summed E-state index contributed by atoms with van der Waals surface area (Å²) in [4.78, 5) is 2.08. The number of nitrogens with zero attached hydrogens (tertiary/aromatic N) is 1. The fraction of sp³-hybridized carbons (Fsp3) is 0.538. The summed E-state index contributed by atoms with van der Waals surface area (Å²) in [6, 6.07) is 10.1. The molecule has 3 heteroatoms. The molecule has 1 aliphatic heterocycles. The van der Waals surface area contributed by atoms with Crippen molar-refractivity contribution in [3.63, 3.8) is 0 Å². The molecule has 0 unspecified atom stereocenters. The topological polar surface area (TPSA) is 23.5 Å². The molecule has 0 aliphatic carbocycles. The Hall–Kier alpha value is -0.930. The van der Waals surface area contributed by atoms with Gasteiger partial charge in [0.25, 0.3) is 0 Å². The van der Waals surface area contributed by atoms with E-state index in [2.05, 4.69) is 4.90 Å². The molecule has 0 bridgehead atoms. The molecule has 1 atom stereocenters. The van der Waals surface area contributed by atoms with Gasteiger partial charge in [0.2, 0.25) is 0 Å². The molecular weight excluding hydrogens is 205 g/mol. The van der Waals surface area contributed by atoms with Crippen molar-refractivity contribution in [1.29, 1.82) is 0 Å². The number of alkyl halides is 1. The van der Waals surface area contributed by atoms with E-state index < -0.39 is 5.67 Å². The van der Waals surface area contributed by atoms with Gasteiger partial charge in [0.1, 0.15) is 5.67 Å². The molecular formula is C13H18FNO. The van der Waals surface area contributed by atoms with Gasteiger partial charge in [-0.05, 0) is 24.9 Å². The van der Waals surface area contributed by atoms with Gasteiger partial charge in [-0.1, -0.05) is 30.3 Å². The van der Waals surface area contributed by atoms with Gasteiger partial charge in [-0.2, -0.15) is 0 Å². The first-order valence-electron chi connectivity index (χ1n) is 5.78. The van der Waals surface area contributed by atoms with E-state index in [1.165, 1.54) is 5.56 Å². The van der Waals surface area contributed by atoms with E-state index in [1.807, 2.05) is 30.3 Å². The lowest BCUT2D eigenvalue weighted by Crippen LogP contribution is -2.47. The van der Waals surface area contributed by atoms with E-state index in [4.69, 9.17) is 5.11 Å². The molecule has 1 aromatic carbocycles. The third-order valence-electron chi connectivity index (χ3n) is 3.14. The van der Waals surface area contributed by atoms with Crippen molar-refractivity contribution in [3.05, 3.63) is 35.9 Å². The molecule has 1 fully saturated rings. The summed E-state index contributed by atoms with van der Waals surface area (Å²) < 4.78 is 14.0. The first-order chi connectivity index (χ1) is 7.72. The van der Waals surface area contributed by atoms with Crippen LogP contribution in [0, 0.1) is 0 Å². The number of likely N-dealkylation sites (tertiary alicyclic amines) is 1. The molecule has 1 heterocycles. The highest BCUT2D eigenvalue weighted by Gasteiger charge is 2.34. The quantitative estimate of drug-likeness (QED) is 0.847. The summed E-state index contributed by atoms with van der Waals surface area (Å²) in [5.41, 5.74) is -0.197. The smallest absolute Gasteiger partial charge is 0.146 e. The van der Waals surface area contributed by atoms with Gasteiger partial charge in [0, 0.05) is 13.1 Å². The van der Waals surface area contributed by atoms with Crippen molar-refractivity contribution in [3.8, 4) is 0 Å². The number of hydrogen-bond acceptors (Lipinski definition) is 2. The minimum absolute atomic E-state index is 0.346. The molecule has 88 valence electrons. The lowest BCUT2D eigenvalue weighted by molar-refractivity contribution is -0.00384. The van der Waals surface area contributed by atoms with Gasteiger partial charge >= 0.3 is 0 Å². The molecule has 0 radical (unpaired) electrons. The van der Waals surface area contributed by atoms with Crippen LogP contribution in [0.1, 0.15) is 18.4 Å². The summed E-state index contributed by atoms with van der Waals surface area (Å²) in [5, 5.41) is 9.03. The van der Waals surface area contributed by atoms with E-state index in [1.54, 1.807) is 0 Å². The normalized spacial score (nSPS) is 26.9. The Balaban J connectivity index is 1.96. The Morgan fingerprint density at radius 1 is 1.31 bits per heavy atom. The average molecular weight is 223 g/mol. The van der Waals surface area contributed by atoms with Gasteiger partial charge in [-0.15, -0.1) is 0 Å². The van der Waals surface area contributed by atoms with Crippen molar-refractivity contribution >= 4 is 0 Å². The summed E-state index contributed by atoms with van der Waals surface area (Å²) in [7, 11) is 0. The van der Waals surface area contributed by atoms with Gasteiger partial charge in [0.05, 0.1) is 6.61 Å². The first kappa shape index (κ1) is 11.6. The molecule has 0 saturated carbocycles. The Kier molecular flexibility index (Phi) is 3.56. The molecule has 1 aliphatic rings. The van der Waals surface area contributed by atoms with Crippen LogP contribution in [-0.2, 0) is 6.54 Å². The molecule has 16 heavy (non-hydrogen) atoms. The summed E-state index contributed by atoms with van der Waals surface area (Å²) in [5.74, 6) is 0. The van der Waals surface area contributed by atoms with Crippen LogP contribution in [0.2, 0.25) is 0 Å². The van der Waals surface area contributed by atoms with Crippen molar-refractivity contribution < 1.29 is 9.50 Å². The lowest BCUT2D eigenvalue weighted by atomic mass is 9.95. The second-order valence-corrected chi connectivity index (χ2v) is 4.61. The summed E-state index contributed by atoms with van der Waals surface area (Å²) in [6.07, 6.45) is 1.30. The zero-order valence-electron chi connectivity index (χ0n) is 9.40. The number of hydrogen-bond donors (Lipinski definition) is 1. The van der Waals surface area contributed by atoms with Gasteiger partial charge in [-0.25, -0.2) is 4.39 Å². The highest BCUT2D eigenvalue weighted by atomic mass is 19.1. The van der Waals surface area contributed by atoms with Crippen LogP contribution in [0.15, 0.2) is 30.3 Å². The van der Waals surface area contributed by atoms with Crippen LogP contribution in [0.3, 0.4) is 0 Å². The third-order valence-corrected chi connectivity index (χ3v) is 3.14. The van der Waals surface area contributed by atoms with E-state index in [-0.39, 0.29) is 6.61 Å². The SMILES string of the molecule is OC[C@]1(F)CCCN(Cc2ccccc2)C1. The molecule has 1 saturated heterocycles. The van der Waals surface area contributed by atoms with Gasteiger partial charge < -0.3 is 5.11 Å². The molecule has 0 aromatic heterocycles. The fourth-order valence-corrected chi connectivity index (χ4v) is 2.28. The Labute approximate surface area is 95.7 Å². The van der Waals surface area contributed by atoms with Crippen molar-refractivity contribution in [2.75, 3.05) is 19.7 Å². The third kappa shape index (κ3) is 2.80. The standard InChI is InChI=1S/C13H18FNO/c14-13(11-16)7-4-8-15(10-13)9-12-5-2-1-3-6-12/h1-3,5-6,16H,4,7-11H2/t13-/m0/s1. The average Bonchev–Trinajstić information content (AvgIpc) is 2.30. The highest BCUT2D eigenvalue weighted by molar-refractivity contribution is 5.14. The zero-order chi connectivity index (χ0) is 11.4. The predicted octanol–water partition coefficient (Wildman–Crippen LogP) is 1.98. The van der Waals surface area contributed by atoms with Crippen LogP contribution in [0.25, 0.3) is 0 Å². The van der Waals surface area contributed by atoms with Crippen LogP contribution < -0.4 is 0 Å². The zero-order valence-corrected chi connectivity index (χ0v) is 9.40. The molecule has 1 aromatic rings. The summed E-state index contributed by atoms with van der Waals surface area (Å²) >= 11 is 0. The van der Waals surface area contributed by atoms with E-state index >= 15 is 0 Å². The van der Waals surface area contributed by atoms with Crippen LogP contribution in [0.5, 0.6) is 0 Å². The minimum atomic E-state index is -1.40. The van der Waals surface area contributed by atoms with Crippen molar-refractivity contribution in [1.82, 2.24) is 4.90 Å². The van der Waals surface area contributed by atoms with Crippen LogP contribution in [0.4, 0.5) is 4.39 Å². The van der Waals surface area contributed by atoms with Crippen LogP contribution >= 0.6 is 0 Å². The Morgan fingerprint density at radius 2 is 2.06 bits per heavy atom. The Bertz CT molecular complexity index is 330. The van der Waals surface area contributed by atoms with Gasteiger partial charge in [0.15, 0.2) is 0 Å². The minimum Gasteiger partial charge on any atom is -0.393 e. The maximum atomic E-state index is 14.0. The molecule has 0 amide bonds. The van der Waals surface area contributed by atoms with Crippen molar-refractivity contribution in [2.45, 2.75) is 25.1 Å². The molecule has 0 spiro atoms. The molecule has 1 N–H and O–H groups in total. The monoisotopic (exact) mass is 223 g/mol. The van der Waals surface area contributed by atoms with E-state index in [9.17, 15) is 4.39 Å². The van der Waals surface area contributed by atoms with Gasteiger partial charge in [-0.3, -0.25) is 4.90 Å². The van der Waals surface area contributed by atoms with E-state index in [0.717, 1.165) is 19.5 Å². The highest BCUT2D eigenvalue weighted by Crippen LogP contribution is 2.25. The number of aliphatic hydroxyl groups is 1. The number of piperidine rings is 1. The largest absolute Gasteiger partial charge is 0.393 e. The molecule has 2 rings (SSSR count). The number of rotatable bonds is 3. The molecule has 2 nitrogen and oxygen atoms in total. The number of aliphatic hydroxyl groups excluding tert-OH is 1. The Morgan fingerprint density at radius 3 is 2.75 bits per heavy atom. The van der Waals surface area contributed by atoms with E-state index in [0.29, 0.717) is 13.0 Å². The fourth-order valence-electron chi connectivity index (χ4n) is 2.28.